The molecule has 0 aliphatic heterocycles. The number of nitrogens with two attached hydrogens (primary N) is 1. The van der Waals surface area contributed by atoms with Crippen LogP contribution in [0.25, 0.3) is 0 Å². The van der Waals surface area contributed by atoms with E-state index in [1.165, 1.54) is 44.9 Å². The quantitative estimate of drug-likeness (QED) is 0.0201. The maximum Gasteiger partial charge on any atom is 0.472 e. The molecule has 0 aliphatic carbocycles. The van der Waals surface area contributed by atoms with Gasteiger partial charge in [0.15, 0.2) is 6.10 Å². The van der Waals surface area contributed by atoms with E-state index in [-0.39, 0.29) is 32.6 Å². The molecule has 0 heterocycles. The molecule has 328 valence electrons. The van der Waals surface area contributed by atoms with Crippen LogP contribution >= 0.6 is 7.82 Å². The smallest absolute Gasteiger partial charge is 0.462 e. The number of carbonyl (C=O) groups is 2. The van der Waals surface area contributed by atoms with Gasteiger partial charge in [0.05, 0.1) is 25.4 Å². The molecule has 0 rings (SSSR count). The molecule has 0 aliphatic rings. The number of hydrogen-bond acceptors (Lipinski definition) is 10. The zero-order chi connectivity index (χ0) is 42.1. The van der Waals surface area contributed by atoms with Gasteiger partial charge in [0.2, 0.25) is 0 Å². The maximum absolute atomic E-state index is 12.5. The summed E-state index contributed by atoms with van der Waals surface area (Å²) in [5, 5.41) is 19.3. The first-order chi connectivity index (χ1) is 27.6. The van der Waals surface area contributed by atoms with Crippen molar-refractivity contribution in [2.24, 2.45) is 5.73 Å². The van der Waals surface area contributed by atoms with Crippen LogP contribution in [0.5, 0.6) is 0 Å². The fraction of sp³-hybridized carbons (Fsp3) is 0.689. The third-order valence-corrected chi connectivity index (χ3v) is 9.83. The Morgan fingerprint density at radius 1 is 0.596 bits per heavy atom. The van der Waals surface area contributed by atoms with E-state index in [0.717, 1.165) is 57.8 Å². The summed E-state index contributed by atoms with van der Waals surface area (Å²) in [5.41, 5.74) is 5.33. The van der Waals surface area contributed by atoms with Gasteiger partial charge < -0.3 is 30.3 Å². The number of aliphatic hydroxyl groups is 2. The van der Waals surface area contributed by atoms with Crippen LogP contribution in [0.15, 0.2) is 72.9 Å². The standard InChI is InChI=1S/C45H78NO10P/c1-3-5-6-7-8-9-10-11-13-17-20-23-26-29-32-35-44(49)53-39-41(40-55-57(51,52)54-38-37-46)56-45(50)36-33-30-27-24-21-18-15-12-14-16-19-22-25-28-31-34-43(48)42(47)4-2/h11-14,18-19,21-22,27-28,30-31,41-43,47-48H,3-10,15-17,20,23-26,29,32-40,46H2,1-2H3,(H,51,52)/b13-11-,14-12+,21-18+,22-19+,30-27+,31-28+. The minimum atomic E-state index is -4.42. The molecule has 0 aromatic carbocycles. The fourth-order valence-electron chi connectivity index (χ4n) is 5.41. The van der Waals surface area contributed by atoms with Crippen LogP contribution in [0.3, 0.4) is 0 Å². The summed E-state index contributed by atoms with van der Waals surface area (Å²) in [4.78, 5) is 34.8. The van der Waals surface area contributed by atoms with Crippen LogP contribution < -0.4 is 5.73 Å². The first kappa shape index (κ1) is 54.4. The molecule has 0 bridgehead atoms. The molecule has 0 saturated carbocycles. The Labute approximate surface area is 345 Å². The largest absolute Gasteiger partial charge is 0.472 e. The van der Waals surface area contributed by atoms with Crippen molar-refractivity contribution in [1.82, 2.24) is 0 Å². The van der Waals surface area contributed by atoms with E-state index in [1.54, 1.807) is 0 Å². The number of esters is 2. The lowest BCUT2D eigenvalue weighted by Crippen LogP contribution is -2.29. The summed E-state index contributed by atoms with van der Waals surface area (Å²) >= 11 is 0. The average Bonchev–Trinajstić information content (AvgIpc) is 3.20. The van der Waals surface area contributed by atoms with Crippen molar-refractivity contribution < 1.29 is 47.8 Å². The third kappa shape index (κ3) is 38.6. The molecule has 0 aromatic rings. The number of aliphatic hydroxyl groups excluding tert-OH is 2. The Kier molecular flexibility index (Phi) is 38.3. The van der Waals surface area contributed by atoms with E-state index < -0.39 is 44.7 Å². The molecule has 4 unspecified atom stereocenters. The lowest BCUT2D eigenvalue weighted by Gasteiger charge is -2.19. The predicted octanol–water partition coefficient (Wildman–Crippen LogP) is 10.2. The lowest BCUT2D eigenvalue weighted by molar-refractivity contribution is -0.161. The van der Waals surface area contributed by atoms with Crippen molar-refractivity contribution in [1.29, 1.82) is 0 Å². The van der Waals surface area contributed by atoms with Gasteiger partial charge in [-0.25, -0.2) is 4.57 Å². The van der Waals surface area contributed by atoms with Crippen molar-refractivity contribution in [3.8, 4) is 0 Å². The van der Waals surface area contributed by atoms with Gasteiger partial charge in [0, 0.05) is 19.4 Å². The van der Waals surface area contributed by atoms with Gasteiger partial charge in [0.25, 0.3) is 0 Å². The number of hydrogen-bond donors (Lipinski definition) is 4. The number of allylic oxidation sites excluding steroid dienone is 11. The number of carbonyl (C=O) groups excluding carboxylic acids is 2. The van der Waals surface area contributed by atoms with Gasteiger partial charge >= 0.3 is 19.8 Å². The van der Waals surface area contributed by atoms with E-state index in [0.29, 0.717) is 25.7 Å². The molecule has 4 atom stereocenters. The first-order valence-electron chi connectivity index (χ1n) is 21.6. The zero-order valence-electron chi connectivity index (χ0n) is 35.3. The Morgan fingerprint density at radius 2 is 1.11 bits per heavy atom. The van der Waals surface area contributed by atoms with Gasteiger partial charge in [-0.15, -0.1) is 0 Å². The first-order valence-corrected chi connectivity index (χ1v) is 23.1. The Morgan fingerprint density at radius 3 is 1.67 bits per heavy atom. The van der Waals surface area contributed by atoms with Crippen molar-refractivity contribution in [2.45, 2.75) is 173 Å². The fourth-order valence-corrected chi connectivity index (χ4v) is 6.17. The van der Waals surface area contributed by atoms with Crippen LogP contribution in [-0.2, 0) is 32.7 Å². The van der Waals surface area contributed by atoms with Gasteiger partial charge in [-0.05, 0) is 77.0 Å². The molecule has 12 heteroatoms. The second kappa shape index (κ2) is 40.2. The maximum atomic E-state index is 12.5. The monoisotopic (exact) mass is 824 g/mol. The SMILES string of the molecule is CCCCCCCC/C=C\CCCCCCCC(=O)OCC(COP(=O)(O)OCCN)OC(=O)CC/C=C/C/C=C/C/C=C/C/C=C/C/C=C/CC(O)C(O)CC. The van der Waals surface area contributed by atoms with Crippen LogP contribution in [0.1, 0.15) is 155 Å². The Balaban J connectivity index is 4.35. The molecule has 0 spiro atoms. The van der Waals surface area contributed by atoms with E-state index in [2.05, 4.69) is 49.5 Å². The predicted molar refractivity (Wildman–Crippen MR) is 231 cm³/mol. The second-order valence-electron chi connectivity index (χ2n) is 14.1. The molecule has 0 aromatic heterocycles. The van der Waals surface area contributed by atoms with Gasteiger partial charge in [-0.2, -0.15) is 0 Å². The highest BCUT2D eigenvalue weighted by molar-refractivity contribution is 7.47. The van der Waals surface area contributed by atoms with E-state index in [9.17, 15) is 29.3 Å². The molecule has 0 fully saturated rings. The number of rotatable bonds is 39. The molecule has 0 saturated heterocycles. The summed E-state index contributed by atoms with van der Waals surface area (Å²) in [6, 6.07) is 0. The van der Waals surface area contributed by atoms with Crippen LogP contribution in [0, 0.1) is 0 Å². The summed E-state index contributed by atoms with van der Waals surface area (Å²) in [5.74, 6) is -0.972. The van der Waals surface area contributed by atoms with E-state index >= 15 is 0 Å². The molecule has 11 nitrogen and oxygen atoms in total. The summed E-state index contributed by atoms with van der Waals surface area (Å²) < 4.78 is 32.6. The number of unbranched alkanes of at least 4 members (excludes halogenated alkanes) is 11. The molecule has 0 radical (unpaired) electrons. The van der Waals surface area contributed by atoms with Crippen molar-refractivity contribution in [2.75, 3.05) is 26.4 Å². The Bertz CT molecular complexity index is 1200. The normalized spacial score (nSPS) is 15.1. The molecule has 57 heavy (non-hydrogen) atoms. The zero-order valence-corrected chi connectivity index (χ0v) is 36.2. The minimum Gasteiger partial charge on any atom is -0.462 e. The van der Waals surface area contributed by atoms with Crippen LogP contribution in [0.4, 0.5) is 0 Å². The highest BCUT2D eigenvalue weighted by Crippen LogP contribution is 2.43. The van der Waals surface area contributed by atoms with Crippen molar-refractivity contribution in [3.05, 3.63) is 72.9 Å². The van der Waals surface area contributed by atoms with Gasteiger partial charge in [0.1, 0.15) is 6.61 Å². The summed E-state index contributed by atoms with van der Waals surface area (Å²) in [6.45, 7) is 3.15. The molecule has 5 N–H and O–H groups in total. The Hall–Kier alpha value is -2.63. The number of phosphoric acid groups is 1. The lowest BCUT2D eigenvalue weighted by atomic mass is 10.1. The number of phosphoric ester groups is 1. The average molecular weight is 824 g/mol. The third-order valence-electron chi connectivity index (χ3n) is 8.84. The van der Waals surface area contributed by atoms with Crippen molar-refractivity contribution in [3.63, 3.8) is 0 Å². The van der Waals surface area contributed by atoms with Crippen LogP contribution in [0.2, 0.25) is 0 Å². The summed E-state index contributed by atoms with van der Waals surface area (Å²) in [7, 11) is -4.42. The minimum absolute atomic E-state index is 0.0273. The van der Waals surface area contributed by atoms with Gasteiger partial charge in [-0.1, -0.05) is 138 Å². The molecule has 0 amide bonds. The molecular formula is C45H78NO10P. The topological polar surface area (TPSA) is 175 Å². The van der Waals surface area contributed by atoms with Gasteiger partial charge in [-0.3, -0.25) is 18.6 Å². The van der Waals surface area contributed by atoms with Crippen molar-refractivity contribution >= 4 is 19.8 Å². The number of ether oxygens (including phenoxy) is 2. The van der Waals surface area contributed by atoms with E-state index in [4.69, 9.17) is 24.3 Å². The summed E-state index contributed by atoms with van der Waals surface area (Å²) in [6.07, 6.45) is 42.3. The van der Waals surface area contributed by atoms with E-state index in [1.807, 2.05) is 37.3 Å². The van der Waals surface area contributed by atoms with Crippen LogP contribution in [-0.4, -0.2) is 71.7 Å². The highest BCUT2D eigenvalue weighted by atomic mass is 31.2. The molecular weight excluding hydrogens is 745 g/mol. The highest BCUT2D eigenvalue weighted by Gasteiger charge is 2.26. The second-order valence-corrected chi connectivity index (χ2v) is 15.6.